The number of carbonyl (C=O) groups excluding carboxylic acids is 3. The number of Topliss-reactive ketones (excluding diaryl/α,β-unsaturated/α-hetero) is 1. The molecule has 2 saturated carbocycles. The molecule has 4 aliphatic carbocycles. The lowest BCUT2D eigenvalue weighted by atomic mass is 9.47. The number of hydrogen-bond acceptors (Lipinski definition) is 4. The Labute approximate surface area is 172 Å². The van der Waals surface area contributed by atoms with Crippen molar-refractivity contribution in [2.24, 2.45) is 28.6 Å². The lowest BCUT2D eigenvalue weighted by Crippen LogP contribution is -2.58. The fraction of sp³-hybridized carbons (Fsp3) is 0.560. The standard InChI is InChI=1S/C25H30O4/c1-14-15(2)24(6)18(13-22(14)28)7-8-19-20-10-12-25(16(3)26,29-17(4)27)23(20,5)11-9-21(19)24/h7-8,13,19-21H,1-2,9-12H2,3-6H3/t19-,20-,21-,23-,24-,25-/m0/s1. The summed E-state index contributed by atoms with van der Waals surface area (Å²) >= 11 is 0. The van der Waals surface area contributed by atoms with Gasteiger partial charge < -0.3 is 4.74 Å². The minimum atomic E-state index is -1.04. The van der Waals surface area contributed by atoms with Gasteiger partial charge in [-0.3, -0.25) is 14.4 Å². The van der Waals surface area contributed by atoms with Crippen LogP contribution in [0.3, 0.4) is 0 Å². The SMILES string of the molecule is C=C1C(=C)[C@@]2(C)C(=CC1=O)C=C[C@@H]1[C@@H]2CC[C@@]2(C)[C@H]1CC[C@]2(OC(C)=O)C(C)=O. The Bertz CT molecular complexity index is 921. The van der Waals surface area contributed by atoms with Gasteiger partial charge in [0.05, 0.1) is 0 Å². The zero-order chi connectivity index (χ0) is 21.4. The smallest absolute Gasteiger partial charge is 0.303 e. The van der Waals surface area contributed by atoms with Gasteiger partial charge in [-0.05, 0) is 67.6 Å². The fourth-order valence-electron chi connectivity index (χ4n) is 7.09. The molecule has 29 heavy (non-hydrogen) atoms. The average Bonchev–Trinajstić information content (AvgIpc) is 2.94. The summed E-state index contributed by atoms with van der Waals surface area (Å²) in [4.78, 5) is 37.0. The molecule has 0 N–H and O–H groups in total. The minimum absolute atomic E-state index is 0.0520. The molecular formula is C25H30O4. The van der Waals surface area contributed by atoms with E-state index in [-0.39, 0.29) is 34.7 Å². The van der Waals surface area contributed by atoms with Gasteiger partial charge in [-0.15, -0.1) is 0 Å². The van der Waals surface area contributed by atoms with Crippen molar-refractivity contribution in [3.8, 4) is 0 Å². The number of ether oxygens (including phenoxy) is 1. The van der Waals surface area contributed by atoms with Crippen LogP contribution >= 0.6 is 0 Å². The normalized spacial score (nSPS) is 43.2. The second kappa shape index (κ2) is 6.13. The highest BCUT2D eigenvalue weighted by Gasteiger charge is 2.67. The molecule has 4 nitrogen and oxygen atoms in total. The van der Waals surface area contributed by atoms with E-state index in [1.54, 1.807) is 13.0 Å². The summed E-state index contributed by atoms with van der Waals surface area (Å²) in [5, 5.41) is 0. The molecule has 0 spiro atoms. The van der Waals surface area contributed by atoms with Gasteiger partial charge >= 0.3 is 5.97 Å². The average molecular weight is 395 g/mol. The lowest BCUT2D eigenvalue weighted by Gasteiger charge is -2.57. The molecule has 0 saturated heterocycles. The number of esters is 1. The Balaban J connectivity index is 1.80. The number of carbonyl (C=O) groups is 3. The quantitative estimate of drug-likeness (QED) is 0.510. The zero-order valence-electron chi connectivity index (χ0n) is 17.8. The van der Waals surface area contributed by atoms with Crippen LogP contribution in [0.15, 0.2) is 48.1 Å². The highest BCUT2D eigenvalue weighted by atomic mass is 16.6. The highest BCUT2D eigenvalue weighted by molar-refractivity contribution is 6.09. The molecule has 0 heterocycles. The predicted molar refractivity (Wildman–Crippen MR) is 111 cm³/mol. The Kier molecular flexibility index (Phi) is 4.24. The molecule has 4 heteroatoms. The van der Waals surface area contributed by atoms with Crippen LogP contribution in [0.4, 0.5) is 0 Å². The molecule has 0 aromatic rings. The Morgan fingerprint density at radius 2 is 1.76 bits per heavy atom. The maximum Gasteiger partial charge on any atom is 0.303 e. The number of ketones is 2. The van der Waals surface area contributed by atoms with Gasteiger partial charge in [0.15, 0.2) is 17.2 Å². The molecule has 0 radical (unpaired) electrons. The zero-order valence-corrected chi connectivity index (χ0v) is 17.8. The van der Waals surface area contributed by atoms with Gasteiger partial charge in [0, 0.05) is 23.3 Å². The van der Waals surface area contributed by atoms with Crippen LogP contribution in [0.5, 0.6) is 0 Å². The van der Waals surface area contributed by atoms with E-state index in [1.165, 1.54) is 6.92 Å². The van der Waals surface area contributed by atoms with Gasteiger partial charge in [-0.25, -0.2) is 0 Å². The van der Waals surface area contributed by atoms with Crippen molar-refractivity contribution in [2.75, 3.05) is 0 Å². The summed E-state index contributed by atoms with van der Waals surface area (Å²) in [6, 6.07) is 0. The number of hydrogen-bond donors (Lipinski definition) is 0. The molecule has 154 valence electrons. The van der Waals surface area contributed by atoms with Crippen LogP contribution in [0.1, 0.15) is 53.4 Å². The first-order valence-corrected chi connectivity index (χ1v) is 10.5. The van der Waals surface area contributed by atoms with Crippen LogP contribution in [0, 0.1) is 28.6 Å². The summed E-state index contributed by atoms with van der Waals surface area (Å²) in [5.41, 5.74) is 0.579. The molecule has 0 aliphatic heterocycles. The molecule has 4 rings (SSSR count). The van der Waals surface area contributed by atoms with Gasteiger partial charge in [-0.2, -0.15) is 0 Å². The van der Waals surface area contributed by atoms with Gasteiger partial charge in [0.2, 0.25) is 0 Å². The fourth-order valence-corrected chi connectivity index (χ4v) is 7.09. The van der Waals surface area contributed by atoms with E-state index in [4.69, 9.17) is 4.74 Å². The van der Waals surface area contributed by atoms with Crippen molar-refractivity contribution in [2.45, 2.75) is 59.0 Å². The topological polar surface area (TPSA) is 60.4 Å². The Morgan fingerprint density at radius 1 is 1.10 bits per heavy atom. The lowest BCUT2D eigenvalue weighted by molar-refractivity contribution is -0.184. The minimum Gasteiger partial charge on any atom is -0.451 e. The monoisotopic (exact) mass is 394 g/mol. The first kappa shape index (κ1) is 20.1. The van der Waals surface area contributed by atoms with Gasteiger partial charge in [-0.1, -0.05) is 39.2 Å². The summed E-state index contributed by atoms with van der Waals surface area (Å²) in [5.74, 6) is 0.259. The molecule has 2 fully saturated rings. The molecule has 0 unspecified atom stereocenters. The molecular weight excluding hydrogens is 364 g/mol. The van der Waals surface area contributed by atoms with Crippen LogP contribution in [0.25, 0.3) is 0 Å². The predicted octanol–water partition coefficient (Wildman–Crippen LogP) is 4.52. The van der Waals surface area contributed by atoms with E-state index >= 15 is 0 Å². The van der Waals surface area contributed by atoms with Gasteiger partial charge in [0.1, 0.15) is 0 Å². The largest absolute Gasteiger partial charge is 0.451 e. The Morgan fingerprint density at radius 3 is 2.38 bits per heavy atom. The van der Waals surface area contributed by atoms with Crippen LogP contribution in [0.2, 0.25) is 0 Å². The highest BCUT2D eigenvalue weighted by Crippen LogP contribution is 2.67. The van der Waals surface area contributed by atoms with E-state index < -0.39 is 17.0 Å². The Hall–Kier alpha value is -2.23. The molecule has 0 amide bonds. The first-order chi connectivity index (χ1) is 13.5. The van der Waals surface area contributed by atoms with Crippen molar-refractivity contribution in [3.63, 3.8) is 0 Å². The van der Waals surface area contributed by atoms with Crippen molar-refractivity contribution in [1.29, 1.82) is 0 Å². The summed E-state index contributed by atoms with van der Waals surface area (Å²) < 4.78 is 5.80. The van der Waals surface area contributed by atoms with Crippen LogP contribution in [-0.2, 0) is 19.1 Å². The number of allylic oxidation sites excluding steroid dienone is 6. The van der Waals surface area contributed by atoms with Crippen LogP contribution in [-0.4, -0.2) is 23.1 Å². The van der Waals surface area contributed by atoms with E-state index in [2.05, 4.69) is 39.2 Å². The van der Waals surface area contributed by atoms with Crippen molar-refractivity contribution < 1.29 is 19.1 Å². The van der Waals surface area contributed by atoms with E-state index in [1.807, 2.05) is 0 Å². The number of fused-ring (bicyclic) bond motifs is 5. The van der Waals surface area contributed by atoms with E-state index in [0.717, 1.165) is 30.4 Å². The molecule has 4 aliphatic rings. The van der Waals surface area contributed by atoms with E-state index in [9.17, 15) is 14.4 Å². The molecule has 0 bridgehead atoms. The van der Waals surface area contributed by atoms with Crippen molar-refractivity contribution in [1.82, 2.24) is 0 Å². The van der Waals surface area contributed by atoms with Crippen LogP contribution < -0.4 is 0 Å². The summed E-state index contributed by atoms with van der Waals surface area (Å²) in [6.45, 7) is 15.5. The third-order valence-electron chi connectivity index (χ3n) is 8.75. The van der Waals surface area contributed by atoms with Crippen molar-refractivity contribution in [3.05, 3.63) is 48.1 Å². The first-order valence-electron chi connectivity index (χ1n) is 10.5. The van der Waals surface area contributed by atoms with Gasteiger partial charge in [0.25, 0.3) is 0 Å². The summed E-state index contributed by atoms with van der Waals surface area (Å²) in [7, 11) is 0. The van der Waals surface area contributed by atoms with E-state index in [0.29, 0.717) is 12.0 Å². The number of rotatable bonds is 2. The second-order valence-electron chi connectivity index (χ2n) is 9.74. The molecule has 0 aromatic heterocycles. The second-order valence-corrected chi connectivity index (χ2v) is 9.74. The maximum atomic E-state index is 12.8. The third-order valence-corrected chi connectivity index (χ3v) is 8.75. The van der Waals surface area contributed by atoms with Crippen molar-refractivity contribution >= 4 is 17.5 Å². The molecule has 0 aromatic carbocycles. The summed E-state index contributed by atoms with van der Waals surface area (Å²) in [6.07, 6.45) is 9.11. The third kappa shape index (κ3) is 2.35. The maximum absolute atomic E-state index is 12.8. The molecule has 6 atom stereocenters.